The molecule has 0 atom stereocenters. The van der Waals surface area contributed by atoms with Gasteiger partial charge in [0, 0.05) is 29.3 Å². The second-order valence-electron chi connectivity index (χ2n) is 7.62. The van der Waals surface area contributed by atoms with Gasteiger partial charge in [-0.1, -0.05) is 45.0 Å². The van der Waals surface area contributed by atoms with Gasteiger partial charge in [0.2, 0.25) is 0 Å². The van der Waals surface area contributed by atoms with E-state index >= 15 is 0 Å². The van der Waals surface area contributed by atoms with Crippen LogP contribution in [-0.4, -0.2) is 22.2 Å². The largest absolute Gasteiger partial charge is 0.505 e. The molecule has 2 aliphatic rings. The number of esters is 1. The third kappa shape index (κ3) is 3.17. The maximum Gasteiger partial charge on any atom is 0.358 e. The molecule has 0 radical (unpaired) electrons. The molecule has 0 bridgehead atoms. The number of aromatic nitrogens is 1. The van der Waals surface area contributed by atoms with E-state index in [1.807, 2.05) is 39.0 Å². The van der Waals surface area contributed by atoms with Gasteiger partial charge in [-0.25, -0.2) is 4.79 Å². The zero-order chi connectivity index (χ0) is 19.1. The van der Waals surface area contributed by atoms with E-state index in [4.69, 9.17) is 4.74 Å². The van der Waals surface area contributed by atoms with Crippen LogP contribution >= 0.6 is 0 Å². The van der Waals surface area contributed by atoms with Crippen LogP contribution in [0.3, 0.4) is 0 Å². The second kappa shape index (κ2) is 6.48. The van der Waals surface area contributed by atoms with E-state index < -0.39 is 5.97 Å². The van der Waals surface area contributed by atoms with Crippen molar-refractivity contribution in [2.24, 2.45) is 5.41 Å². The molecule has 1 aromatic rings. The first-order valence-electron chi connectivity index (χ1n) is 8.68. The Morgan fingerprint density at radius 2 is 1.88 bits per heavy atom. The van der Waals surface area contributed by atoms with Crippen molar-refractivity contribution >= 4 is 16.7 Å². The standard InChI is InChI=1S/C21H23NO4/c1-5-26-20(25)17-19(24)15-10-13-8-6-7-9-14(13)18(23)16(15)11-22(17)12-21(2,3)4/h6-11,24H,5,12H2,1-4H3. The predicted molar refractivity (Wildman–Crippen MR) is 102 cm³/mol. The van der Waals surface area contributed by atoms with E-state index in [0.717, 1.165) is 5.39 Å². The van der Waals surface area contributed by atoms with E-state index in [-0.39, 0.29) is 28.9 Å². The summed E-state index contributed by atoms with van der Waals surface area (Å²) in [5.74, 6) is -0.815. The Kier molecular flexibility index (Phi) is 4.48. The van der Waals surface area contributed by atoms with Crippen LogP contribution in [0, 0.1) is 5.41 Å². The van der Waals surface area contributed by atoms with Crippen molar-refractivity contribution in [3.05, 3.63) is 52.4 Å². The van der Waals surface area contributed by atoms with Crippen molar-refractivity contribution in [3.8, 4) is 16.9 Å². The van der Waals surface area contributed by atoms with Gasteiger partial charge in [-0.15, -0.1) is 0 Å². The van der Waals surface area contributed by atoms with Crippen LogP contribution in [0.2, 0.25) is 0 Å². The summed E-state index contributed by atoms with van der Waals surface area (Å²) < 4.78 is 6.76. The maximum atomic E-state index is 12.9. The van der Waals surface area contributed by atoms with Crippen LogP contribution in [0.1, 0.15) is 38.2 Å². The van der Waals surface area contributed by atoms with Crippen molar-refractivity contribution in [2.75, 3.05) is 6.61 Å². The number of hydrogen-bond donors (Lipinski definition) is 1. The minimum Gasteiger partial charge on any atom is -0.505 e. The molecule has 1 aromatic carbocycles. The Labute approximate surface area is 152 Å². The lowest BCUT2D eigenvalue weighted by molar-refractivity contribution is 0.0506. The third-order valence-electron chi connectivity index (χ3n) is 4.21. The van der Waals surface area contributed by atoms with Crippen LogP contribution in [0.4, 0.5) is 0 Å². The molecule has 1 aliphatic carbocycles. The summed E-state index contributed by atoms with van der Waals surface area (Å²) in [5, 5.41) is 12.2. The number of carbonyl (C=O) groups excluding carboxylic acids is 1. The molecule has 136 valence electrons. The lowest BCUT2D eigenvalue weighted by Crippen LogP contribution is -2.24. The fraction of sp³-hybridized carbons (Fsp3) is 0.333. The third-order valence-corrected chi connectivity index (χ3v) is 4.21. The van der Waals surface area contributed by atoms with E-state index in [1.54, 1.807) is 29.8 Å². The number of fused-ring (bicyclic) bond motifs is 2. The molecule has 0 saturated carbocycles. The average Bonchev–Trinajstić information content (AvgIpc) is 2.55. The van der Waals surface area contributed by atoms with E-state index in [2.05, 4.69) is 0 Å². The van der Waals surface area contributed by atoms with Gasteiger partial charge in [0.05, 0.1) is 6.61 Å². The molecule has 1 N–H and O–H groups in total. The highest BCUT2D eigenvalue weighted by Gasteiger charge is 2.27. The first-order chi connectivity index (χ1) is 12.2. The Morgan fingerprint density at radius 3 is 2.54 bits per heavy atom. The monoisotopic (exact) mass is 353 g/mol. The van der Waals surface area contributed by atoms with Crippen molar-refractivity contribution in [3.63, 3.8) is 0 Å². The maximum absolute atomic E-state index is 12.9. The predicted octanol–water partition coefficient (Wildman–Crippen LogP) is 4.03. The minimum absolute atomic E-state index is 0.0731. The zero-order valence-electron chi connectivity index (χ0n) is 15.5. The van der Waals surface area contributed by atoms with Crippen LogP contribution < -0.4 is 5.43 Å². The minimum atomic E-state index is -0.600. The molecule has 0 amide bonds. The molecular formula is C21H23NO4. The van der Waals surface area contributed by atoms with Crippen LogP contribution in [0.5, 0.6) is 5.75 Å². The van der Waals surface area contributed by atoms with Gasteiger partial charge in [0.1, 0.15) is 0 Å². The summed E-state index contributed by atoms with van der Waals surface area (Å²) in [5.41, 5.74) is 0.502. The second-order valence-corrected chi connectivity index (χ2v) is 7.62. The summed E-state index contributed by atoms with van der Waals surface area (Å²) in [7, 11) is 0. The molecule has 0 aromatic heterocycles. The van der Waals surface area contributed by atoms with Crippen molar-refractivity contribution in [2.45, 2.75) is 34.2 Å². The molecule has 1 aliphatic heterocycles. The summed E-state index contributed by atoms with van der Waals surface area (Å²) in [6.45, 7) is 8.44. The molecule has 0 unspecified atom stereocenters. The molecule has 26 heavy (non-hydrogen) atoms. The average molecular weight is 353 g/mol. The highest BCUT2D eigenvalue weighted by Crippen LogP contribution is 2.36. The molecule has 0 saturated heterocycles. The number of hydrogen-bond acceptors (Lipinski definition) is 4. The van der Waals surface area contributed by atoms with Gasteiger partial charge in [0.15, 0.2) is 16.9 Å². The quantitative estimate of drug-likeness (QED) is 0.570. The molecule has 3 rings (SSSR count). The number of pyridine rings is 1. The molecule has 0 spiro atoms. The van der Waals surface area contributed by atoms with E-state index in [1.165, 1.54) is 0 Å². The zero-order valence-corrected chi connectivity index (χ0v) is 15.5. The Bertz CT molecular complexity index is 1010. The summed E-state index contributed by atoms with van der Waals surface area (Å²) >= 11 is 0. The molecule has 5 heteroatoms. The number of carbonyl (C=O) groups is 1. The number of ether oxygens (including phenoxy) is 1. The van der Waals surface area contributed by atoms with E-state index in [9.17, 15) is 14.7 Å². The number of aromatic hydroxyl groups is 1. The molecule has 1 heterocycles. The molecule has 0 fully saturated rings. The molecule has 5 nitrogen and oxygen atoms in total. The highest BCUT2D eigenvalue weighted by molar-refractivity contribution is 5.98. The van der Waals surface area contributed by atoms with Gasteiger partial charge in [-0.3, -0.25) is 4.79 Å². The van der Waals surface area contributed by atoms with Gasteiger partial charge in [0.25, 0.3) is 0 Å². The van der Waals surface area contributed by atoms with Crippen molar-refractivity contribution in [1.29, 1.82) is 0 Å². The van der Waals surface area contributed by atoms with E-state index in [0.29, 0.717) is 23.1 Å². The van der Waals surface area contributed by atoms with Crippen LogP contribution in [-0.2, 0) is 11.3 Å². The Hall–Kier alpha value is -2.82. The smallest absolute Gasteiger partial charge is 0.358 e. The normalized spacial score (nSPS) is 11.8. The Morgan fingerprint density at radius 1 is 1.19 bits per heavy atom. The van der Waals surface area contributed by atoms with Crippen LogP contribution in [0.15, 0.2) is 41.3 Å². The van der Waals surface area contributed by atoms with Gasteiger partial charge < -0.3 is 14.4 Å². The number of nitrogens with zero attached hydrogens (tertiary/aromatic N) is 1. The first kappa shape index (κ1) is 18.0. The Balaban J connectivity index is 2.39. The lowest BCUT2D eigenvalue weighted by atomic mass is 9.94. The van der Waals surface area contributed by atoms with Gasteiger partial charge in [-0.2, -0.15) is 0 Å². The van der Waals surface area contributed by atoms with Gasteiger partial charge >= 0.3 is 5.97 Å². The van der Waals surface area contributed by atoms with Crippen LogP contribution in [0.25, 0.3) is 21.9 Å². The SMILES string of the molecule is CCOC(=O)c1c(O)c2cc3ccccc3c(=O)c-2cn1CC(C)(C)C. The number of rotatable bonds is 3. The first-order valence-corrected chi connectivity index (χ1v) is 8.68. The fourth-order valence-corrected chi connectivity index (χ4v) is 3.19. The lowest BCUT2D eigenvalue weighted by Gasteiger charge is -2.25. The van der Waals surface area contributed by atoms with Crippen molar-refractivity contribution < 1.29 is 14.6 Å². The topological polar surface area (TPSA) is 68.5 Å². The van der Waals surface area contributed by atoms with Crippen molar-refractivity contribution in [1.82, 2.24) is 4.57 Å². The number of benzene rings is 2. The summed E-state index contributed by atoms with van der Waals surface area (Å²) in [4.78, 5) is 25.4. The highest BCUT2D eigenvalue weighted by atomic mass is 16.5. The van der Waals surface area contributed by atoms with Gasteiger partial charge in [-0.05, 0) is 23.8 Å². The fourth-order valence-electron chi connectivity index (χ4n) is 3.19. The summed E-state index contributed by atoms with van der Waals surface area (Å²) in [6.07, 6.45) is 1.65. The molecular weight excluding hydrogens is 330 g/mol. The summed E-state index contributed by atoms with van der Waals surface area (Å²) in [6, 6.07) is 8.97.